The van der Waals surface area contributed by atoms with Gasteiger partial charge in [-0.05, 0) is 18.1 Å². The minimum atomic E-state index is -1.63. The molecule has 2 aliphatic rings. The van der Waals surface area contributed by atoms with E-state index in [4.69, 9.17) is 16.3 Å². The molecule has 1 fully saturated rings. The molecule has 2 heterocycles. The van der Waals surface area contributed by atoms with Gasteiger partial charge in [0.15, 0.2) is 0 Å². The summed E-state index contributed by atoms with van der Waals surface area (Å²) in [5.41, 5.74) is -0.275. The van der Waals surface area contributed by atoms with Gasteiger partial charge in [0.1, 0.15) is 17.0 Å². The Bertz CT molecular complexity index is 785. The number of halogens is 1. The predicted molar refractivity (Wildman–Crippen MR) is 96.3 cm³/mol. The summed E-state index contributed by atoms with van der Waals surface area (Å²) in [5.74, 6) is -2.26. The summed E-state index contributed by atoms with van der Waals surface area (Å²) >= 11 is 6.92. The van der Waals surface area contributed by atoms with Crippen molar-refractivity contribution in [2.24, 2.45) is 0 Å². The number of hydrogen-bond donors (Lipinski definition) is 2. The Morgan fingerprint density at radius 3 is 2.73 bits per heavy atom. The Labute approximate surface area is 159 Å². The van der Waals surface area contributed by atoms with Gasteiger partial charge in [-0.2, -0.15) is 0 Å². The van der Waals surface area contributed by atoms with Crippen LogP contribution in [-0.4, -0.2) is 50.5 Å². The van der Waals surface area contributed by atoms with Crippen LogP contribution in [0.25, 0.3) is 0 Å². The van der Waals surface area contributed by atoms with Crippen LogP contribution in [-0.2, 0) is 25.7 Å². The van der Waals surface area contributed by atoms with Crippen molar-refractivity contribution in [3.05, 3.63) is 47.2 Å². The van der Waals surface area contributed by atoms with Crippen molar-refractivity contribution < 1.29 is 24.2 Å². The highest BCUT2D eigenvalue weighted by Crippen LogP contribution is 2.47. The maximum Gasteiger partial charge on any atom is 0.352 e. The van der Waals surface area contributed by atoms with Gasteiger partial charge in [0.2, 0.25) is 5.91 Å². The molecule has 3 rings (SSSR count). The van der Waals surface area contributed by atoms with Gasteiger partial charge in [0, 0.05) is 5.75 Å². The number of hydrogen-bond acceptors (Lipinski definition) is 5. The molecular formula is C17H17ClN2O5S. The molecule has 0 saturated carbocycles. The van der Waals surface area contributed by atoms with Crippen LogP contribution in [0.1, 0.15) is 12.5 Å². The van der Waals surface area contributed by atoms with E-state index in [1.165, 1.54) is 16.7 Å². The summed E-state index contributed by atoms with van der Waals surface area (Å²) < 4.78 is 5.85. The molecule has 26 heavy (non-hydrogen) atoms. The van der Waals surface area contributed by atoms with Crippen LogP contribution in [0.5, 0.6) is 0 Å². The molecule has 1 aromatic rings. The van der Waals surface area contributed by atoms with E-state index in [9.17, 15) is 19.5 Å². The molecule has 1 aromatic carbocycles. The molecule has 0 aliphatic carbocycles. The zero-order valence-electron chi connectivity index (χ0n) is 13.9. The van der Waals surface area contributed by atoms with E-state index >= 15 is 0 Å². The van der Waals surface area contributed by atoms with Crippen molar-refractivity contribution in [1.82, 2.24) is 10.2 Å². The molecule has 7 nitrogen and oxygen atoms in total. The quantitative estimate of drug-likeness (QED) is 0.430. The zero-order valence-corrected chi connectivity index (χ0v) is 15.5. The fourth-order valence-corrected chi connectivity index (χ4v) is 4.40. The molecule has 2 N–H and O–H groups in total. The van der Waals surface area contributed by atoms with Crippen LogP contribution >= 0.6 is 23.4 Å². The van der Waals surface area contributed by atoms with Gasteiger partial charge in [-0.1, -0.05) is 30.3 Å². The number of carbonyl (C=O) groups excluding carboxylic acids is 2. The van der Waals surface area contributed by atoms with E-state index in [1.807, 2.05) is 30.3 Å². The number of benzene rings is 1. The molecule has 138 valence electrons. The summed E-state index contributed by atoms with van der Waals surface area (Å²) in [6.45, 7) is 1.76. The normalized spacial score (nSPS) is 24.8. The Hall–Kier alpha value is -2.03. The fraction of sp³-hybridized carbons (Fsp3) is 0.353. The zero-order chi connectivity index (χ0) is 18.9. The monoisotopic (exact) mass is 396 g/mol. The number of aliphatic carboxylic acids is 1. The highest BCUT2D eigenvalue weighted by Gasteiger charge is 2.66. The second-order valence-corrected chi connectivity index (χ2v) is 7.30. The molecule has 1 saturated heterocycles. The predicted octanol–water partition coefficient (Wildman–Crippen LogP) is 1.53. The number of nitrogens with zero attached hydrogens (tertiary/aromatic N) is 1. The highest BCUT2D eigenvalue weighted by molar-refractivity contribution is 8.00. The average Bonchev–Trinajstić information content (AvgIpc) is 2.64. The first-order valence-corrected chi connectivity index (χ1v) is 9.42. The van der Waals surface area contributed by atoms with E-state index in [-0.39, 0.29) is 18.2 Å². The van der Waals surface area contributed by atoms with Crippen LogP contribution < -0.4 is 5.32 Å². The van der Waals surface area contributed by atoms with Gasteiger partial charge in [0.05, 0.1) is 6.61 Å². The number of rotatable bonds is 6. The third-order valence-electron chi connectivity index (χ3n) is 4.18. The number of thioether (sulfide) groups is 1. The summed E-state index contributed by atoms with van der Waals surface area (Å²) in [5, 5.41) is 11.3. The Morgan fingerprint density at radius 1 is 1.42 bits per heavy atom. The van der Waals surface area contributed by atoms with Gasteiger partial charge in [-0.15, -0.1) is 23.4 Å². The minimum absolute atomic E-state index is 0.0576. The second kappa shape index (κ2) is 7.30. The molecule has 9 heteroatoms. The van der Waals surface area contributed by atoms with Crippen LogP contribution in [0.2, 0.25) is 0 Å². The van der Waals surface area contributed by atoms with Crippen LogP contribution in [0, 0.1) is 0 Å². The first kappa shape index (κ1) is 18.8. The van der Waals surface area contributed by atoms with Crippen LogP contribution in [0.3, 0.4) is 0 Å². The van der Waals surface area contributed by atoms with Crippen molar-refractivity contribution in [2.75, 3.05) is 11.6 Å². The lowest BCUT2D eigenvalue weighted by atomic mass is 9.98. The molecule has 2 atom stereocenters. The first-order valence-electron chi connectivity index (χ1n) is 7.84. The third kappa shape index (κ3) is 3.08. The molecule has 0 spiro atoms. The standard InChI is InChI=1S/C17H17ClN2O5S/c1-10-9-26-16-17(19-12(21)7-18,15(24)20(16)13(10)14(22)23)25-8-11-5-3-2-4-6-11/h2-6,16H,7-9H2,1H3,(H,19,21)(H,22,23)/t16-,17+/m1/s1. The van der Waals surface area contributed by atoms with Crippen molar-refractivity contribution in [2.45, 2.75) is 24.6 Å². The third-order valence-corrected chi connectivity index (χ3v) is 5.88. The van der Waals surface area contributed by atoms with Crippen molar-refractivity contribution in [3.63, 3.8) is 0 Å². The molecule has 0 radical (unpaired) electrons. The van der Waals surface area contributed by atoms with Gasteiger partial charge >= 0.3 is 5.97 Å². The number of alkyl halides is 1. The molecule has 2 aliphatic heterocycles. The first-order chi connectivity index (χ1) is 12.4. The number of carbonyl (C=O) groups is 3. The van der Waals surface area contributed by atoms with Crippen molar-refractivity contribution in [3.8, 4) is 0 Å². The Morgan fingerprint density at radius 2 is 2.12 bits per heavy atom. The van der Waals surface area contributed by atoms with E-state index in [1.54, 1.807) is 6.92 Å². The number of amides is 2. The maximum absolute atomic E-state index is 12.9. The highest BCUT2D eigenvalue weighted by atomic mass is 35.5. The lowest BCUT2D eigenvalue weighted by Crippen LogP contribution is -2.81. The molecule has 0 unspecified atom stereocenters. The minimum Gasteiger partial charge on any atom is -0.477 e. The van der Waals surface area contributed by atoms with Gasteiger partial charge in [0.25, 0.3) is 11.6 Å². The average molecular weight is 397 g/mol. The summed E-state index contributed by atoms with van der Waals surface area (Å²) in [7, 11) is 0. The van der Waals surface area contributed by atoms with E-state index in [2.05, 4.69) is 5.32 Å². The number of nitrogens with one attached hydrogen (secondary N) is 1. The number of carboxylic acid groups (broad SMARTS) is 1. The largest absolute Gasteiger partial charge is 0.477 e. The van der Waals surface area contributed by atoms with Gasteiger partial charge in [-0.3, -0.25) is 14.5 Å². The van der Waals surface area contributed by atoms with Crippen LogP contribution in [0.15, 0.2) is 41.6 Å². The lowest BCUT2D eigenvalue weighted by Gasteiger charge is -2.56. The Balaban J connectivity index is 1.89. The van der Waals surface area contributed by atoms with E-state index < -0.39 is 28.9 Å². The summed E-state index contributed by atoms with van der Waals surface area (Å²) in [6.07, 6.45) is 0. The SMILES string of the molecule is CC1=C(C(=O)O)N2C(=O)[C@](NC(=O)CCl)(OCc3ccccc3)[C@H]2SC1. The lowest BCUT2D eigenvalue weighted by molar-refractivity contribution is -0.201. The van der Waals surface area contributed by atoms with Crippen molar-refractivity contribution >= 4 is 41.1 Å². The topological polar surface area (TPSA) is 95.9 Å². The molecule has 0 aromatic heterocycles. The summed E-state index contributed by atoms with van der Waals surface area (Å²) in [4.78, 5) is 37.5. The van der Waals surface area contributed by atoms with Gasteiger partial charge in [-0.25, -0.2) is 4.79 Å². The number of carboxylic acids is 1. The van der Waals surface area contributed by atoms with Crippen LogP contribution in [0.4, 0.5) is 0 Å². The molecule has 0 bridgehead atoms. The maximum atomic E-state index is 12.9. The van der Waals surface area contributed by atoms with E-state index in [0.717, 1.165) is 5.56 Å². The number of ether oxygens (including phenoxy) is 1. The summed E-state index contributed by atoms with van der Waals surface area (Å²) in [6, 6.07) is 9.19. The number of fused-ring (bicyclic) bond motifs is 1. The molecular weight excluding hydrogens is 380 g/mol. The molecule has 2 amide bonds. The van der Waals surface area contributed by atoms with Crippen molar-refractivity contribution in [1.29, 1.82) is 0 Å². The number of β-lactam (4-membered cyclic amide) rings is 1. The smallest absolute Gasteiger partial charge is 0.352 e. The fourth-order valence-electron chi connectivity index (χ4n) is 2.98. The second-order valence-electron chi connectivity index (χ2n) is 5.96. The Kier molecular flexibility index (Phi) is 5.27. The van der Waals surface area contributed by atoms with E-state index in [0.29, 0.717) is 11.3 Å². The van der Waals surface area contributed by atoms with Gasteiger partial charge < -0.3 is 15.2 Å².